The number of likely N-dealkylation sites (tertiary alicyclic amines) is 1. The van der Waals surface area contributed by atoms with E-state index >= 15 is 0 Å². The van der Waals surface area contributed by atoms with Crippen LogP contribution in [0.2, 0.25) is 0 Å². The van der Waals surface area contributed by atoms with Crippen LogP contribution in [0.15, 0.2) is 36.7 Å². The van der Waals surface area contributed by atoms with Gasteiger partial charge >= 0.3 is 0 Å². The number of imidazole rings is 1. The molecule has 2 N–H and O–H groups in total. The fraction of sp³-hybridized carbons (Fsp3) is 0.440. The number of piperidine rings is 1. The van der Waals surface area contributed by atoms with E-state index in [0.29, 0.717) is 23.5 Å². The number of anilines is 2. The van der Waals surface area contributed by atoms with Crippen LogP contribution in [0.3, 0.4) is 0 Å². The van der Waals surface area contributed by atoms with E-state index in [1.54, 1.807) is 30.5 Å². The molecule has 0 bridgehead atoms. The molecule has 1 aliphatic heterocycles. The van der Waals surface area contributed by atoms with Crippen molar-refractivity contribution < 1.29 is 9.18 Å². The highest BCUT2D eigenvalue weighted by atomic mass is 19.1. The van der Waals surface area contributed by atoms with Gasteiger partial charge in [-0.25, -0.2) is 19.3 Å². The summed E-state index contributed by atoms with van der Waals surface area (Å²) in [5, 5.41) is 6.08. The van der Waals surface area contributed by atoms with E-state index in [4.69, 9.17) is 0 Å². The van der Waals surface area contributed by atoms with Gasteiger partial charge in [0.1, 0.15) is 11.5 Å². The SMILES string of the molecule is Cc1ncc(-c2nc(Nc3ccc(C(=O)NCCN4CCCCC4)cc3)ncc2F)n1C(C)C. The Balaban J connectivity index is 1.40. The number of hydrogen-bond acceptors (Lipinski definition) is 6. The molecule has 0 saturated carbocycles. The number of halogens is 1. The molecule has 0 radical (unpaired) electrons. The molecule has 180 valence electrons. The summed E-state index contributed by atoms with van der Waals surface area (Å²) in [6.07, 6.45) is 6.56. The van der Waals surface area contributed by atoms with Crippen LogP contribution in [0.1, 0.15) is 55.3 Å². The van der Waals surface area contributed by atoms with E-state index in [-0.39, 0.29) is 23.6 Å². The highest BCUT2D eigenvalue weighted by molar-refractivity contribution is 5.94. The lowest BCUT2D eigenvalue weighted by molar-refractivity contribution is 0.0946. The first kappa shape index (κ1) is 23.8. The monoisotopic (exact) mass is 465 g/mol. The molecule has 1 aliphatic rings. The van der Waals surface area contributed by atoms with Crippen LogP contribution in [0.4, 0.5) is 16.0 Å². The Bertz CT molecular complexity index is 1120. The van der Waals surface area contributed by atoms with Gasteiger partial charge < -0.3 is 20.1 Å². The summed E-state index contributed by atoms with van der Waals surface area (Å²) >= 11 is 0. The molecular formula is C25H32FN7O. The van der Waals surface area contributed by atoms with Crippen LogP contribution in [0.25, 0.3) is 11.4 Å². The van der Waals surface area contributed by atoms with Crippen LogP contribution >= 0.6 is 0 Å². The van der Waals surface area contributed by atoms with Gasteiger partial charge in [0.2, 0.25) is 5.95 Å². The Labute approximate surface area is 199 Å². The molecule has 0 unspecified atom stereocenters. The standard InChI is InChI=1S/C25H32FN7O/c1-17(2)33-18(3)28-16-22(33)23-21(26)15-29-25(31-23)30-20-9-7-19(8-10-20)24(34)27-11-14-32-12-5-4-6-13-32/h7-10,15-17H,4-6,11-14H2,1-3H3,(H,27,34)(H,29,30,31). The van der Waals surface area contributed by atoms with Crippen LogP contribution < -0.4 is 10.6 Å². The first-order valence-electron chi connectivity index (χ1n) is 11.9. The zero-order valence-corrected chi connectivity index (χ0v) is 20.0. The summed E-state index contributed by atoms with van der Waals surface area (Å²) in [5.41, 5.74) is 2.08. The maximum atomic E-state index is 14.6. The highest BCUT2D eigenvalue weighted by Gasteiger charge is 2.18. The largest absolute Gasteiger partial charge is 0.351 e. The van der Waals surface area contributed by atoms with Crippen molar-refractivity contribution in [2.75, 3.05) is 31.5 Å². The molecule has 1 fully saturated rings. The fourth-order valence-corrected chi connectivity index (χ4v) is 4.33. The van der Waals surface area contributed by atoms with Crippen LogP contribution in [-0.2, 0) is 0 Å². The Morgan fingerprint density at radius 2 is 1.82 bits per heavy atom. The quantitative estimate of drug-likeness (QED) is 0.515. The molecular weight excluding hydrogens is 433 g/mol. The maximum Gasteiger partial charge on any atom is 0.251 e. The molecule has 1 aromatic carbocycles. The molecule has 0 spiro atoms. The molecule has 34 heavy (non-hydrogen) atoms. The number of hydrogen-bond donors (Lipinski definition) is 2. The van der Waals surface area contributed by atoms with Crippen molar-refractivity contribution in [3.8, 4) is 11.4 Å². The molecule has 3 heterocycles. The number of aryl methyl sites for hydroxylation is 1. The van der Waals surface area contributed by atoms with Gasteiger partial charge in [0.25, 0.3) is 5.91 Å². The zero-order chi connectivity index (χ0) is 24.1. The van der Waals surface area contributed by atoms with E-state index < -0.39 is 5.82 Å². The molecule has 2 aromatic heterocycles. The Kier molecular flexibility index (Phi) is 7.52. The van der Waals surface area contributed by atoms with Crippen molar-refractivity contribution in [1.29, 1.82) is 0 Å². The number of benzene rings is 1. The first-order valence-corrected chi connectivity index (χ1v) is 11.9. The van der Waals surface area contributed by atoms with Crippen molar-refractivity contribution in [3.05, 3.63) is 53.9 Å². The van der Waals surface area contributed by atoms with E-state index in [9.17, 15) is 9.18 Å². The summed E-state index contributed by atoms with van der Waals surface area (Å²) in [6, 6.07) is 7.19. The molecule has 9 heteroatoms. The second kappa shape index (κ2) is 10.7. The van der Waals surface area contributed by atoms with Crippen LogP contribution in [-0.4, -0.2) is 56.5 Å². The maximum absolute atomic E-state index is 14.6. The first-order chi connectivity index (χ1) is 16.4. The van der Waals surface area contributed by atoms with E-state index in [0.717, 1.165) is 31.7 Å². The lowest BCUT2D eigenvalue weighted by Gasteiger charge is -2.26. The summed E-state index contributed by atoms with van der Waals surface area (Å²) in [7, 11) is 0. The Morgan fingerprint density at radius 3 is 2.53 bits per heavy atom. The second-order valence-electron chi connectivity index (χ2n) is 8.91. The third-order valence-electron chi connectivity index (χ3n) is 6.05. The normalized spacial score (nSPS) is 14.4. The van der Waals surface area contributed by atoms with Gasteiger partial charge in [-0.3, -0.25) is 4.79 Å². The summed E-state index contributed by atoms with van der Waals surface area (Å²) in [5.74, 6) is 0.455. The molecule has 4 rings (SSSR count). The van der Waals surface area contributed by atoms with Crippen LogP contribution in [0, 0.1) is 12.7 Å². The number of nitrogens with one attached hydrogen (secondary N) is 2. The number of carbonyl (C=O) groups is 1. The summed E-state index contributed by atoms with van der Waals surface area (Å²) in [4.78, 5) is 27.6. The van der Waals surface area contributed by atoms with Gasteiger partial charge in [0.15, 0.2) is 5.82 Å². The molecule has 8 nitrogen and oxygen atoms in total. The second-order valence-corrected chi connectivity index (χ2v) is 8.91. The Hall–Kier alpha value is -3.33. The van der Waals surface area contributed by atoms with Crippen molar-refractivity contribution in [2.24, 2.45) is 0 Å². The van der Waals surface area contributed by atoms with E-state index in [1.165, 1.54) is 19.3 Å². The van der Waals surface area contributed by atoms with Gasteiger partial charge in [-0.15, -0.1) is 0 Å². The predicted molar refractivity (Wildman–Crippen MR) is 131 cm³/mol. The summed E-state index contributed by atoms with van der Waals surface area (Å²) in [6.45, 7) is 9.66. The van der Waals surface area contributed by atoms with E-state index in [1.807, 2.05) is 25.3 Å². The number of aromatic nitrogens is 4. The number of rotatable bonds is 8. The van der Waals surface area contributed by atoms with Gasteiger partial charge in [0.05, 0.1) is 18.1 Å². The smallest absolute Gasteiger partial charge is 0.251 e. The zero-order valence-electron chi connectivity index (χ0n) is 20.0. The summed E-state index contributed by atoms with van der Waals surface area (Å²) < 4.78 is 16.5. The van der Waals surface area contributed by atoms with Crippen molar-refractivity contribution >= 4 is 17.5 Å². The minimum absolute atomic E-state index is 0.0961. The average Bonchev–Trinajstić information content (AvgIpc) is 3.23. The lowest BCUT2D eigenvalue weighted by atomic mass is 10.1. The topological polar surface area (TPSA) is 88.0 Å². The molecule has 1 saturated heterocycles. The third-order valence-corrected chi connectivity index (χ3v) is 6.05. The minimum atomic E-state index is -0.510. The van der Waals surface area contributed by atoms with Crippen molar-refractivity contribution in [1.82, 2.24) is 29.7 Å². The van der Waals surface area contributed by atoms with Gasteiger partial charge in [-0.1, -0.05) is 6.42 Å². The number of amides is 1. The van der Waals surface area contributed by atoms with Gasteiger partial charge in [-0.05, 0) is 71.0 Å². The predicted octanol–water partition coefficient (Wildman–Crippen LogP) is 4.33. The number of nitrogens with zero attached hydrogens (tertiary/aromatic N) is 5. The average molecular weight is 466 g/mol. The molecule has 0 aliphatic carbocycles. The van der Waals surface area contributed by atoms with Gasteiger partial charge in [0, 0.05) is 30.4 Å². The third kappa shape index (κ3) is 5.59. The van der Waals surface area contributed by atoms with Crippen molar-refractivity contribution in [2.45, 2.75) is 46.1 Å². The minimum Gasteiger partial charge on any atom is -0.351 e. The van der Waals surface area contributed by atoms with Crippen LogP contribution in [0.5, 0.6) is 0 Å². The van der Waals surface area contributed by atoms with E-state index in [2.05, 4.69) is 30.5 Å². The lowest BCUT2D eigenvalue weighted by Crippen LogP contribution is -2.37. The highest BCUT2D eigenvalue weighted by Crippen LogP contribution is 2.26. The molecule has 0 atom stereocenters. The molecule has 3 aromatic rings. The Morgan fingerprint density at radius 1 is 1.09 bits per heavy atom. The van der Waals surface area contributed by atoms with Crippen molar-refractivity contribution in [3.63, 3.8) is 0 Å². The molecule has 1 amide bonds. The number of carbonyl (C=O) groups excluding carboxylic acids is 1. The van der Waals surface area contributed by atoms with Gasteiger partial charge in [-0.2, -0.15) is 0 Å². The fourth-order valence-electron chi connectivity index (χ4n) is 4.33.